The van der Waals surface area contributed by atoms with Crippen molar-refractivity contribution in [2.45, 2.75) is 33.4 Å². The van der Waals surface area contributed by atoms with Crippen molar-refractivity contribution in [3.63, 3.8) is 0 Å². The molecular formula is C27H32ClN3O3. The molecule has 7 heteroatoms. The zero-order valence-corrected chi connectivity index (χ0v) is 20.7. The fraction of sp³-hybridized carbons (Fsp3) is 0.370. The monoisotopic (exact) mass is 481 g/mol. The molecule has 0 amide bonds. The van der Waals surface area contributed by atoms with Crippen LogP contribution in [0.3, 0.4) is 0 Å². The number of aliphatic hydroxyl groups excluding tert-OH is 1. The SMILES string of the molecule is C#CCOC[C@H](O)CN(Cc1c(C)nn(-c2cccc(Cl)c2)c1Oc1ccccc1)CC(C)C. The largest absolute Gasteiger partial charge is 0.439 e. The van der Waals surface area contributed by atoms with Crippen LogP contribution in [0.5, 0.6) is 11.6 Å². The quantitative estimate of drug-likeness (QED) is 0.288. The molecular weight excluding hydrogens is 450 g/mol. The number of hydrogen-bond donors (Lipinski definition) is 1. The van der Waals surface area contributed by atoms with Crippen molar-refractivity contribution >= 4 is 11.6 Å². The lowest BCUT2D eigenvalue weighted by atomic mass is 10.1. The molecule has 0 spiro atoms. The molecule has 0 saturated carbocycles. The highest BCUT2D eigenvalue weighted by molar-refractivity contribution is 6.30. The van der Waals surface area contributed by atoms with Gasteiger partial charge in [-0.1, -0.05) is 55.6 Å². The van der Waals surface area contributed by atoms with Gasteiger partial charge in [-0.25, -0.2) is 4.68 Å². The molecule has 0 saturated heterocycles. The van der Waals surface area contributed by atoms with E-state index in [9.17, 15) is 5.11 Å². The van der Waals surface area contributed by atoms with Crippen LogP contribution >= 0.6 is 11.6 Å². The first-order valence-corrected chi connectivity index (χ1v) is 11.7. The Bertz CT molecular complexity index is 1090. The number of para-hydroxylation sites is 1. The lowest BCUT2D eigenvalue weighted by molar-refractivity contribution is 0.0236. The smallest absolute Gasteiger partial charge is 0.227 e. The summed E-state index contributed by atoms with van der Waals surface area (Å²) in [4.78, 5) is 2.19. The van der Waals surface area contributed by atoms with Crippen LogP contribution in [0.1, 0.15) is 25.1 Å². The lowest BCUT2D eigenvalue weighted by Crippen LogP contribution is -2.37. The van der Waals surface area contributed by atoms with Crippen molar-refractivity contribution in [2.24, 2.45) is 5.92 Å². The predicted octanol–water partition coefficient (Wildman–Crippen LogP) is 5.10. The Labute approximate surface area is 207 Å². The second-order valence-corrected chi connectivity index (χ2v) is 9.07. The van der Waals surface area contributed by atoms with Crippen LogP contribution in [-0.4, -0.2) is 52.2 Å². The van der Waals surface area contributed by atoms with Crippen molar-refractivity contribution in [1.29, 1.82) is 0 Å². The maximum atomic E-state index is 10.5. The molecule has 0 bridgehead atoms. The van der Waals surface area contributed by atoms with Gasteiger partial charge in [-0.15, -0.1) is 6.42 Å². The van der Waals surface area contributed by atoms with Crippen LogP contribution < -0.4 is 4.74 Å². The van der Waals surface area contributed by atoms with Crippen molar-refractivity contribution in [3.8, 4) is 29.7 Å². The molecule has 0 aliphatic carbocycles. The molecule has 0 radical (unpaired) electrons. The average Bonchev–Trinajstić information content (AvgIpc) is 3.09. The van der Waals surface area contributed by atoms with E-state index >= 15 is 0 Å². The molecule has 2 aromatic carbocycles. The normalized spacial score (nSPS) is 12.2. The molecule has 0 aliphatic rings. The van der Waals surface area contributed by atoms with Crippen LogP contribution in [0.4, 0.5) is 0 Å². The van der Waals surface area contributed by atoms with Crippen LogP contribution in [0, 0.1) is 25.2 Å². The van der Waals surface area contributed by atoms with Gasteiger partial charge in [0.1, 0.15) is 12.4 Å². The minimum absolute atomic E-state index is 0.182. The highest BCUT2D eigenvalue weighted by Gasteiger charge is 2.23. The summed E-state index contributed by atoms with van der Waals surface area (Å²) in [5.41, 5.74) is 2.60. The van der Waals surface area contributed by atoms with Gasteiger partial charge in [-0.05, 0) is 43.2 Å². The van der Waals surface area contributed by atoms with Crippen LogP contribution in [0.2, 0.25) is 5.02 Å². The first-order valence-electron chi connectivity index (χ1n) is 11.4. The van der Waals surface area contributed by atoms with Gasteiger partial charge < -0.3 is 14.6 Å². The first kappa shape index (κ1) is 25.8. The molecule has 1 aromatic heterocycles. The van der Waals surface area contributed by atoms with Gasteiger partial charge >= 0.3 is 0 Å². The third-order valence-electron chi connectivity index (χ3n) is 5.12. The lowest BCUT2D eigenvalue weighted by Gasteiger charge is -2.27. The molecule has 34 heavy (non-hydrogen) atoms. The number of aliphatic hydroxyl groups is 1. The van der Waals surface area contributed by atoms with Gasteiger partial charge in [0.05, 0.1) is 29.7 Å². The Morgan fingerprint density at radius 3 is 2.59 bits per heavy atom. The fourth-order valence-electron chi connectivity index (χ4n) is 3.76. The second-order valence-electron chi connectivity index (χ2n) is 8.64. The van der Waals surface area contributed by atoms with E-state index < -0.39 is 6.10 Å². The van der Waals surface area contributed by atoms with Gasteiger partial charge in [0.2, 0.25) is 5.88 Å². The molecule has 0 unspecified atom stereocenters. The number of rotatable bonds is 12. The standard InChI is InChI=1S/C27H32ClN3O3/c1-5-14-33-19-24(32)17-30(16-20(2)3)18-26-21(4)29-31(23-11-9-10-22(28)15-23)27(26)34-25-12-7-6-8-13-25/h1,6-13,15,20,24,32H,14,16-19H2,2-4H3/t24-/m1/s1. The summed E-state index contributed by atoms with van der Waals surface area (Å²) in [7, 11) is 0. The maximum Gasteiger partial charge on any atom is 0.227 e. The Balaban J connectivity index is 1.95. The molecule has 1 N–H and O–H groups in total. The Morgan fingerprint density at radius 2 is 1.91 bits per heavy atom. The van der Waals surface area contributed by atoms with Gasteiger partial charge in [0, 0.05) is 24.7 Å². The molecule has 3 rings (SSSR count). The van der Waals surface area contributed by atoms with E-state index in [1.807, 2.05) is 61.5 Å². The van der Waals surface area contributed by atoms with Crippen LogP contribution in [-0.2, 0) is 11.3 Å². The number of aryl methyl sites for hydroxylation is 1. The maximum absolute atomic E-state index is 10.5. The summed E-state index contributed by atoms with van der Waals surface area (Å²) < 4.78 is 13.5. The summed E-state index contributed by atoms with van der Waals surface area (Å²) >= 11 is 6.26. The number of aromatic nitrogens is 2. The first-order chi connectivity index (χ1) is 16.4. The Morgan fingerprint density at radius 1 is 1.15 bits per heavy atom. The number of ether oxygens (including phenoxy) is 2. The Hall–Kier alpha value is -2.82. The molecule has 0 fully saturated rings. The Kier molecular flexibility index (Phi) is 9.55. The van der Waals surface area contributed by atoms with Crippen molar-refractivity contribution in [1.82, 2.24) is 14.7 Å². The van der Waals surface area contributed by atoms with Gasteiger partial charge in [-0.2, -0.15) is 5.10 Å². The number of halogens is 1. The average molecular weight is 482 g/mol. The number of hydrogen-bond acceptors (Lipinski definition) is 5. The number of benzene rings is 2. The van der Waals surface area contributed by atoms with E-state index in [4.69, 9.17) is 32.6 Å². The molecule has 1 heterocycles. The van der Waals surface area contributed by atoms with E-state index in [-0.39, 0.29) is 13.2 Å². The van der Waals surface area contributed by atoms with Crippen molar-refractivity contribution in [2.75, 3.05) is 26.3 Å². The molecule has 3 aromatic rings. The van der Waals surface area contributed by atoms with E-state index in [1.165, 1.54) is 0 Å². The summed E-state index contributed by atoms with van der Waals surface area (Å²) in [6.07, 6.45) is 4.58. The highest BCUT2D eigenvalue weighted by atomic mass is 35.5. The van der Waals surface area contributed by atoms with Crippen molar-refractivity contribution in [3.05, 3.63) is 70.9 Å². The molecule has 0 aliphatic heterocycles. The minimum Gasteiger partial charge on any atom is -0.439 e. The second kappa shape index (κ2) is 12.6. The zero-order valence-electron chi connectivity index (χ0n) is 19.9. The predicted molar refractivity (Wildman–Crippen MR) is 136 cm³/mol. The van der Waals surface area contributed by atoms with Crippen LogP contribution in [0.15, 0.2) is 54.6 Å². The van der Waals surface area contributed by atoms with E-state index in [0.717, 1.165) is 23.5 Å². The van der Waals surface area contributed by atoms with E-state index in [1.54, 1.807) is 4.68 Å². The van der Waals surface area contributed by atoms with E-state index in [2.05, 4.69) is 24.7 Å². The zero-order chi connectivity index (χ0) is 24.5. The van der Waals surface area contributed by atoms with E-state index in [0.29, 0.717) is 35.7 Å². The highest BCUT2D eigenvalue weighted by Crippen LogP contribution is 2.32. The number of terminal acetylenes is 1. The molecule has 180 valence electrons. The molecule has 6 nitrogen and oxygen atoms in total. The molecule has 1 atom stereocenters. The van der Waals surface area contributed by atoms with Gasteiger partial charge in [0.25, 0.3) is 0 Å². The summed E-state index contributed by atoms with van der Waals surface area (Å²) in [6, 6.07) is 17.1. The van der Waals surface area contributed by atoms with Crippen molar-refractivity contribution < 1.29 is 14.6 Å². The van der Waals surface area contributed by atoms with Crippen LogP contribution in [0.25, 0.3) is 5.69 Å². The van der Waals surface area contributed by atoms with Gasteiger partial charge in [-0.3, -0.25) is 4.90 Å². The van der Waals surface area contributed by atoms with Gasteiger partial charge in [0.15, 0.2) is 0 Å². The summed E-state index contributed by atoms with van der Waals surface area (Å²) in [5.74, 6) is 4.16. The third kappa shape index (κ3) is 7.34. The summed E-state index contributed by atoms with van der Waals surface area (Å²) in [5, 5.41) is 15.9. The third-order valence-corrected chi connectivity index (χ3v) is 5.35. The number of nitrogens with zero attached hydrogens (tertiary/aromatic N) is 3. The fourth-order valence-corrected chi connectivity index (χ4v) is 3.94. The topological polar surface area (TPSA) is 59.8 Å². The minimum atomic E-state index is -0.658. The summed E-state index contributed by atoms with van der Waals surface area (Å²) in [6.45, 7) is 8.42.